The predicted octanol–water partition coefficient (Wildman–Crippen LogP) is 0.298. The molecule has 1 atom stereocenters. The van der Waals surface area contributed by atoms with Gasteiger partial charge in [0.15, 0.2) is 0 Å². The van der Waals surface area contributed by atoms with Gasteiger partial charge in [-0.2, -0.15) is 0 Å². The summed E-state index contributed by atoms with van der Waals surface area (Å²) in [6.45, 7) is 2.80. The van der Waals surface area contributed by atoms with Gasteiger partial charge in [0.25, 0.3) is 6.47 Å². The molecule has 1 rings (SSSR count). The molecule has 0 bridgehead atoms. The van der Waals surface area contributed by atoms with E-state index >= 15 is 0 Å². The molecule has 0 spiro atoms. The molecule has 0 amide bonds. The molecule has 0 heterocycles. The van der Waals surface area contributed by atoms with Crippen molar-refractivity contribution in [3.63, 3.8) is 0 Å². The Balaban J connectivity index is 0.000000515. The number of carbonyl (C=O) groups is 2. The molecule has 8 heteroatoms. The van der Waals surface area contributed by atoms with Gasteiger partial charge in [-0.3, -0.25) is 10.6 Å². The molecule has 0 aliphatic carbocycles. The largest absolute Gasteiger partial charge is 0.491 e. The number of aryl methyl sites for hydroxylation is 1. The zero-order valence-electron chi connectivity index (χ0n) is 13.1. The first-order valence-corrected chi connectivity index (χ1v) is 6.67. The van der Waals surface area contributed by atoms with Crippen molar-refractivity contribution >= 4 is 12.4 Å². The fraction of sp³-hybridized carbons (Fsp3) is 0.333. The number of aliphatic hydroxyl groups excluding tert-OH is 1. The number of ether oxygens (including phenoxy) is 2. The first-order chi connectivity index (χ1) is 10.8. The Morgan fingerprint density at radius 1 is 1.39 bits per heavy atom. The molecule has 0 saturated carbocycles. The number of carbonyl (C=O) groups excluding carboxylic acids is 1. The van der Waals surface area contributed by atoms with Gasteiger partial charge in [-0.15, -0.1) is 0 Å². The third-order valence-corrected chi connectivity index (χ3v) is 2.31. The topological polar surface area (TPSA) is 122 Å². The van der Waals surface area contributed by atoms with Crippen LogP contribution in [0.1, 0.15) is 5.56 Å². The molecule has 1 aromatic rings. The van der Waals surface area contributed by atoms with Crippen LogP contribution in [0.3, 0.4) is 0 Å². The summed E-state index contributed by atoms with van der Waals surface area (Å²) in [4.78, 5) is 18.9. The summed E-state index contributed by atoms with van der Waals surface area (Å²) in [5, 5.41) is 18.8. The van der Waals surface area contributed by atoms with Crippen LogP contribution < -0.4 is 10.6 Å². The summed E-state index contributed by atoms with van der Waals surface area (Å²) in [5.41, 5.74) is 1.18. The Labute approximate surface area is 134 Å². The molecule has 1 aromatic carbocycles. The van der Waals surface area contributed by atoms with E-state index in [2.05, 4.69) is 4.74 Å². The second-order valence-electron chi connectivity index (χ2n) is 4.59. The van der Waals surface area contributed by atoms with Crippen LogP contribution in [-0.4, -0.2) is 54.0 Å². The molecule has 0 aliphatic heterocycles. The third-order valence-electron chi connectivity index (χ3n) is 2.31. The molecular formula is C15H22N2O6. The minimum Gasteiger partial charge on any atom is -0.491 e. The summed E-state index contributed by atoms with van der Waals surface area (Å²) in [6.07, 6.45) is 0.935. The van der Waals surface area contributed by atoms with Crippen LogP contribution in [0.4, 0.5) is 0 Å². The summed E-state index contributed by atoms with van der Waals surface area (Å²) in [6, 6.07) is 7.70. The predicted molar refractivity (Wildman–Crippen MR) is 83.4 cm³/mol. The normalized spacial score (nSPS) is 11.5. The summed E-state index contributed by atoms with van der Waals surface area (Å²) >= 11 is 0. The number of likely N-dealkylation sites (N-methyl/N-ethyl adjacent to an activating group) is 1. The number of benzene rings is 1. The zero-order valence-corrected chi connectivity index (χ0v) is 13.1. The highest BCUT2D eigenvalue weighted by Crippen LogP contribution is 2.11. The average Bonchev–Trinajstić information content (AvgIpc) is 2.46. The van der Waals surface area contributed by atoms with E-state index in [0.29, 0.717) is 12.6 Å². The Hall–Kier alpha value is -2.42. The number of nitrogens with two attached hydrogens (primary N) is 1. The van der Waals surface area contributed by atoms with Gasteiger partial charge < -0.3 is 19.7 Å². The van der Waals surface area contributed by atoms with Crippen molar-refractivity contribution in [1.29, 1.82) is 0 Å². The lowest BCUT2D eigenvalue weighted by atomic mass is 10.2. The van der Waals surface area contributed by atoms with E-state index in [0.717, 1.165) is 12.0 Å². The second-order valence-corrected chi connectivity index (χ2v) is 4.59. The number of carboxylic acid groups (broad SMARTS) is 1. The van der Waals surface area contributed by atoms with Crippen LogP contribution in [0.5, 0.6) is 5.75 Å². The van der Waals surface area contributed by atoms with E-state index in [4.69, 9.17) is 15.7 Å². The molecule has 128 valence electrons. The summed E-state index contributed by atoms with van der Waals surface area (Å²) in [7, 11) is 1.70. The summed E-state index contributed by atoms with van der Waals surface area (Å²) < 4.78 is 9.29. The van der Waals surface area contributed by atoms with Gasteiger partial charge in [-0.25, -0.2) is 9.80 Å². The van der Waals surface area contributed by atoms with Crippen LogP contribution in [0, 0.1) is 6.92 Å². The molecule has 0 saturated heterocycles. The van der Waals surface area contributed by atoms with Crippen LogP contribution in [0.15, 0.2) is 36.6 Å². The van der Waals surface area contributed by atoms with Crippen molar-refractivity contribution in [2.24, 2.45) is 5.84 Å². The number of carboxylic acids is 1. The van der Waals surface area contributed by atoms with Gasteiger partial charge in [-0.05, 0) is 19.1 Å². The van der Waals surface area contributed by atoms with Crippen molar-refractivity contribution in [2.75, 3.05) is 20.2 Å². The molecule has 0 fully saturated rings. The third kappa shape index (κ3) is 13.0. The minimum absolute atomic E-state index is 0.138. The van der Waals surface area contributed by atoms with Gasteiger partial charge >= 0.3 is 5.97 Å². The van der Waals surface area contributed by atoms with Gasteiger partial charge in [0, 0.05) is 13.6 Å². The Kier molecular flexibility index (Phi) is 10.9. The highest BCUT2D eigenvalue weighted by Gasteiger charge is 2.06. The van der Waals surface area contributed by atoms with Crippen LogP contribution in [0.2, 0.25) is 0 Å². The van der Waals surface area contributed by atoms with Crippen LogP contribution >= 0.6 is 0 Å². The fourth-order valence-electron chi connectivity index (χ4n) is 1.34. The Bertz CT molecular complexity index is 487. The standard InChI is InChI=1S/C11H18N2O2.C4H4O4/c1-9-3-5-11(6-4-9)15-8-10(14)7-13(2)12;5-3-8-2-1-4(6)7/h3-6,10,14H,7-8,12H2,1-2H3;1-3H,(H,6,7)/b;2-1+. The average molecular weight is 326 g/mol. The van der Waals surface area contributed by atoms with E-state index in [1.54, 1.807) is 7.05 Å². The van der Waals surface area contributed by atoms with Crippen LogP contribution in [-0.2, 0) is 14.3 Å². The van der Waals surface area contributed by atoms with Crippen molar-refractivity contribution in [3.8, 4) is 5.75 Å². The quantitative estimate of drug-likeness (QED) is 0.205. The van der Waals surface area contributed by atoms with E-state index in [-0.39, 0.29) is 13.1 Å². The van der Waals surface area contributed by atoms with Gasteiger partial charge in [0.1, 0.15) is 24.7 Å². The van der Waals surface area contributed by atoms with Crippen molar-refractivity contribution < 1.29 is 29.3 Å². The number of aliphatic carboxylic acids is 1. The molecule has 8 nitrogen and oxygen atoms in total. The van der Waals surface area contributed by atoms with Crippen molar-refractivity contribution in [2.45, 2.75) is 13.0 Å². The van der Waals surface area contributed by atoms with Crippen molar-refractivity contribution in [3.05, 3.63) is 42.2 Å². The highest BCUT2D eigenvalue weighted by atomic mass is 16.5. The lowest BCUT2D eigenvalue weighted by Gasteiger charge is -2.16. The number of hydrogen-bond acceptors (Lipinski definition) is 7. The lowest BCUT2D eigenvalue weighted by molar-refractivity contribution is -0.131. The minimum atomic E-state index is -1.15. The van der Waals surface area contributed by atoms with Gasteiger partial charge in [0.2, 0.25) is 0 Å². The number of aliphatic hydroxyl groups is 1. The zero-order chi connectivity index (χ0) is 17.7. The van der Waals surface area contributed by atoms with E-state index < -0.39 is 12.1 Å². The van der Waals surface area contributed by atoms with E-state index in [9.17, 15) is 14.7 Å². The summed E-state index contributed by atoms with van der Waals surface area (Å²) in [5.74, 6) is 5.02. The maximum absolute atomic E-state index is 9.59. The Morgan fingerprint density at radius 3 is 2.48 bits per heavy atom. The molecule has 4 N–H and O–H groups in total. The number of nitrogens with zero attached hydrogens (tertiary/aromatic N) is 1. The molecule has 1 unspecified atom stereocenters. The first-order valence-electron chi connectivity index (χ1n) is 6.67. The van der Waals surface area contributed by atoms with Gasteiger partial charge in [-0.1, -0.05) is 17.7 Å². The molecular weight excluding hydrogens is 304 g/mol. The molecule has 23 heavy (non-hydrogen) atoms. The maximum atomic E-state index is 9.59. The molecule has 0 aliphatic rings. The second kappa shape index (κ2) is 12.2. The number of rotatable bonds is 8. The van der Waals surface area contributed by atoms with Crippen molar-refractivity contribution in [1.82, 2.24) is 5.01 Å². The Morgan fingerprint density at radius 2 is 2.00 bits per heavy atom. The number of hydrazine groups is 1. The SMILES string of the molecule is Cc1ccc(OCC(O)CN(C)N)cc1.O=CO/C=C/C(=O)O. The fourth-order valence-corrected chi connectivity index (χ4v) is 1.34. The molecule has 0 aromatic heterocycles. The number of hydrogen-bond donors (Lipinski definition) is 3. The molecule has 0 radical (unpaired) electrons. The first kappa shape index (κ1) is 20.6. The highest BCUT2D eigenvalue weighted by molar-refractivity contribution is 5.79. The maximum Gasteiger partial charge on any atom is 0.331 e. The monoisotopic (exact) mass is 326 g/mol. The lowest BCUT2D eigenvalue weighted by Crippen LogP contribution is -2.37. The smallest absolute Gasteiger partial charge is 0.331 e. The van der Waals surface area contributed by atoms with E-state index in [1.807, 2.05) is 31.2 Å². The van der Waals surface area contributed by atoms with Gasteiger partial charge in [0.05, 0.1) is 6.08 Å². The van der Waals surface area contributed by atoms with E-state index in [1.165, 1.54) is 10.6 Å². The van der Waals surface area contributed by atoms with Crippen LogP contribution in [0.25, 0.3) is 0 Å².